The fraction of sp³-hybridized carbons (Fsp3) is 0.500. The van der Waals surface area contributed by atoms with Crippen LogP contribution in [0.5, 0.6) is 0 Å². The van der Waals surface area contributed by atoms with E-state index in [-0.39, 0.29) is 35.7 Å². The van der Waals surface area contributed by atoms with Crippen LogP contribution < -0.4 is 0 Å². The molecule has 1 radical (unpaired) electrons. The fourth-order valence-electron chi connectivity index (χ4n) is 0.978. The van der Waals surface area contributed by atoms with Gasteiger partial charge in [-0.2, -0.15) is 0 Å². The number of rotatable bonds is 3. The van der Waals surface area contributed by atoms with Crippen molar-refractivity contribution in [3.05, 3.63) is 22.1 Å². The molecule has 1 aromatic rings. The monoisotopic (exact) mass is 230 g/mol. The van der Waals surface area contributed by atoms with Crippen molar-refractivity contribution in [1.29, 1.82) is 0 Å². The third-order valence-corrected chi connectivity index (χ3v) is 1.54. The van der Waals surface area contributed by atoms with E-state index in [1.165, 1.54) is 10.8 Å². The number of imidazole rings is 1. The van der Waals surface area contributed by atoms with Crippen LogP contribution in [0.4, 0.5) is 5.82 Å². The van der Waals surface area contributed by atoms with Gasteiger partial charge < -0.3 is 15.2 Å². The van der Waals surface area contributed by atoms with E-state index in [1.54, 1.807) is 6.92 Å². The second kappa shape index (κ2) is 4.95. The van der Waals surface area contributed by atoms with Gasteiger partial charge in [0.05, 0.1) is 6.61 Å². The molecular weight excluding hydrogens is 221 g/mol. The third-order valence-electron chi connectivity index (χ3n) is 1.54. The first-order valence-electron chi connectivity index (χ1n) is 3.44. The molecule has 0 atom stereocenters. The molecule has 0 saturated heterocycles. The van der Waals surface area contributed by atoms with Crippen LogP contribution in [-0.4, -0.2) is 26.2 Å². The second-order valence-corrected chi connectivity index (χ2v) is 2.30. The van der Waals surface area contributed by atoms with E-state index in [1.807, 2.05) is 0 Å². The van der Waals surface area contributed by atoms with Crippen LogP contribution in [0.25, 0.3) is 0 Å². The first-order chi connectivity index (χ1) is 5.66. The van der Waals surface area contributed by atoms with E-state index < -0.39 is 4.92 Å². The van der Waals surface area contributed by atoms with Gasteiger partial charge in [-0.15, -0.1) is 0 Å². The molecule has 73 valence electrons. The maximum Gasteiger partial charge on any atom is 2.00 e. The zero-order valence-electron chi connectivity index (χ0n) is 6.93. The zero-order valence-corrected chi connectivity index (χ0v) is 7.97. The first kappa shape index (κ1) is 12.1. The summed E-state index contributed by atoms with van der Waals surface area (Å²) in [6.07, 6.45) is 1.19. The van der Waals surface area contributed by atoms with Gasteiger partial charge in [0.2, 0.25) is 0 Å². The Kier molecular flexibility index (Phi) is 4.60. The molecule has 7 heteroatoms. The quantitative estimate of drug-likeness (QED) is 0.589. The Morgan fingerprint density at radius 3 is 2.85 bits per heavy atom. The predicted octanol–water partition coefficient (Wildman–Crippen LogP) is 0.0895. The molecule has 0 unspecified atom stereocenters. The van der Waals surface area contributed by atoms with E-state index in [4.69, 9.17) is 5.11 Å². The van der Waals surface area contributed by atoms with Crippen molar-refractivity contribution in [3.8, 4) is 0 Å². The largest absolute Gasteiger partial charge is 2.00 e. The number of nitro groups is 1. The average Bonchev–Trinajstić information content (AvgIpc) is 2.34. The predicted molar refractivity (Wildman–Crippen MR) is 40.7 cm³/mol. The minimum absolute atomic E-state index is 0. The maximum atomic E-state index is 10.4. The molecule has 0 saturated carbocycles. The smallest absolute Gasteiger partial charge is 0.392 e. The molecule has 0 aliphatic rings. The van der Waals surface area contributed by atoms with E-state index in [2.05, 4.69) is 4.98 Å². The Morgan fingerprint density at radius 1 is 1.77 bits per heavy atom. The minimum atomic E-state index is -0.518. The Hall–Kier alpha value is -0.924. The van der Waals surface area contributed by atoms with Crippen LogP contribution in [0.15, 0.2) is 6.20 Å². The Bertz CT molecular complexity index is 299. The Labute approximate surface area is 84.9 Å². The van der Waals surface area contributed by atoms with Crippen LogP contribution in [-0.2, 0) is 23.3 Å². The minimum Gasteiger partial charge on any atom is -0.392 e. The molecule has 1 heterocycles. The summed E-state index contributed by atoms with van der Waals surface area (Å²) in [6.45, 7) is 1.74. The summed E-state index contributed by atoms with van der Waals surface area (Å²) in [5.74, 6) is 0.456. The maximum absolute atomic E-state index is 10.4. The van der Waals surface area contributed by atoms with Crippen LogP contribution in [0.3, 0.4) is 0 Å². The van der Waals surface area contributed by atoms with Gasteiger partial charge in [0, 0.05) is 6.92 Å². The summed E-state index contributed by atoms with van der Waals surface area (Å²) in [6, 6.07) is 0. The summed E-state index contributed by atoms with van der Waals surface area (Å²) in [7, 11) is 0. The van der Waals surface area contributed by atoms with Gasteiger partial charge >= 0.3 is 22.6 Å². The third kappa shape index (κ3) is 2.51. The number of hydrogen-bond donors (Lipinski definition) is 1. The number of aryl methyl sites for hydroxylation is 1. The van der Waals surface area contributed by atoms with Crippen molar-refractivity contribution in [2.75, 3.05) is 6.61 Å². The SMILES string of the molecule is Cc1ncc([N+](=O)[O-])n1CCO.[Co+2]. The van der Waals surface area contributed by atoms with Crippen molar-refractivity contribution in [2.24, 2.45) is 0 Å². The molecule has 0 aliphatic carbocycles. The van der Waals surface area contributed by atoms with Crippen LogP contribution in [0.1, 0.15) is 5.82 Å². The van der Waals surface area contributed by atoms with Gasteiger partial charge in [0.15, 0.2) is 5.82 Å². The van der Waals surface area contributed by atoms with Gasteiger partial charge in [-0.05, 0) is 4.92 Å². The first-order valence-corrected chi connectivity index (χ1v) is 3.44. The Balaban J connectivity index is 0.00000144. The molecule has 0 amide bonds. The molecule has 0 fully saturated rings. The summed E-state index contributed by atoms with van der Waals surface area (Å²) in [5, 5.41) is 19.0. The summed E-state index contributed by atoms with van der Waals surface area (Å²) in [4.78, 5) is 13.6. The fourth-order valence-corrected chi connectivity index (χ4v) is 0.978. The van der Waals surface area contributed by atoms with Gasteiger partial charge in [0.25, 0.3) is 0 Å². The van der Waals surface area contributed by atoms with Crippen molar-refractivity contribution in [1.82, 2.24) is 9.55 Å². The number of aromatic nitrogens is 2. The van der Waals surface area contributed by atoms with Crippen LogP contribution in [0.2, 0.25) is 0 Å². The molecular formula is C6H9CoN3O3+2. The molecule has 0 bridgehead atoms. The second-order valence-electron chi connectivity index (χ2n) is 2.30. The van der Waals surface area contributed by atoms with Crippen molar-refractivity contribution in [2.45, 2.75) is 13.5 Å². The van der Waals surface area contributed by atoms with Gasteiger partial charge in [-0.1, -0.05) is 0 Å². The molecule has 1 rings (SSSR count). The zero-order chi connectivity index (χ0) is 9.14. The van der Waals surface area contributed by atoms with Crippen molar-refractivity contribution < 1.29 is 26.8 Å². The van der Waals surface area contributed by atoms with Gasteiger partial charge in [-0.25, -0.2) is 9.55 Å². The molecule has 13 heavy (non-hydrogen) atoms. The molecule has 0 aromatic carbocycles. The Morgan fingerprint density at radius 2 is 2.38 bits per heavy atom. The molecule has 6 nitrogen and oxygen atoms in total. The average molecular weight is 230 g/mol. The summed E-state index contributed by atoms with van der Waals surface area (Å²) in [5.41, 5.74) is 0. The molecule has 1 N–H and O–H groups in total. The van der Waals surface area contributed by atoms with Crippen LogP contribution >= 0.6 is 0 Å². The molecule has 0 aliphatic heterocycles. The van der Waals surface area contributed by atoms with E-state index >= 15 is 0 Å². The van der Waals surface area contributed by atoms with E-state index in [0.717, 1.165) is 0 Å². The standard InChI is InChI=1S/C6H9N3O3.Co/c1-5-7-4-6(9(11)12)8(5)2-3-10;/h4,10H,2-3H2,1H3;/q;+2. The number of aliphatic hydroxyl groups excluding tert-OH is 1. The van der Waals surface area contributed by atoms with Crippen molar-refractivity contribution >= 4 is 5.82 Å². The number of nitrogens with zero attached hydrogens (tertiary/aromatic N) is 3. The van der Waals surface area contributed by atoms with Gasteiger partial charge in [0.1, 0.15) is 12.7 Å². The van der Waals surface area contributed by atoms with E-state index in [0.29, 0.717) is 5.82 Å². The summed E-state index contributed by atoms with van der Waals surface area (Å²) < 4.78 is 1.36. The number of hydrogen-bond acceptors (Lipinski definition) is 4. The van der Waals surface area contributed by atoms with Gasteiger partial charge in [-0.3, -0.25) is 0 Å². The normalized spacial score (nSPS) is 9.38. The number of aliphatic hydroxyl groups is 1. The van der Waals surface area contributed by atoms with Crippen LogP contribution in [0, 0.1) is 17.0 Å². The molecule has 0 spiro atoms. The summed E-state index contributed by atoms with van der Waals surface area (Å²) >= 11 is 0. The van der Waals surface area contributed by atoms with E-state index in [9.17, 15) is 10.1 Å². The molecule has 1 aromatic heterocycles. The van der Waals surface area contributed by atoms with Crippen molar-refractivity contribution in [3.63, 3.8) is 0 Å². The topological polar surface area (TPSA) is 81.2 Å².